The molecule has 0 radical (unpaired) electrons. The average Bonchev–Trinajstić information content (AvgIpc) is 2.46. The van der Waals surface area contributed by atoms with Crippen LogP contribution in [0.2, 0.25) is 0 Å². The van der Waals surface area contributed by atoms with Crippen LogP contribution in [0.4, 0.5) is 0 Å². The van der Waals surface area contributed by atoms with Crippen molar-refractivity contribution in [1.82, 2.24) is 0 Å². The van der Waals surface area contributed by atoms with Crippen LogP contribution < -0.4 is 0 Å². The molecule has 4 heteroatoms. The molecule has 0 unspecified atom stereocenters. The SMILES string of the molecule is C=C=C(OS(=O)(=O)c1ccc(C)cc1)c1ccccc1. The lowest BCUT2D eigenvalue weighted by molar-refractivity contribution is 0.464. The van der Waals surface area contributed by atoms with Crippen molar-refractivity contribution in [2.45, 2.75) is 11.8 Å². The van der Waals surface area contributed by atoms with Gasteiger partial charge in [0.15, 0.2) is 5.76 Å². The Morgan fingerprint density at radius 1 is 1.05 bits per heavy atom. The second-order valence-corrected chi connectivity index (χ2v) is 5.77. The fraction of sp³-hybridized carbons (Fsp3) is 0.0625. The topological polar surface area (TPSA) is 43.4 Å². The molecule has 3 nitrogen and oxygen atoms in total. The number of hydrogen-bond donors (Lipinski definition) is 0. The second-order valence-electron chi connectivity index (χ2n) is 4.22. The first kappa shape index (κ1) is 14.1. The molecular weight excluding hydrogens is 272 g/mol. The van der Waals surface area contributed by atoms with Crippen LogP contribution in [0.5, 0.6) is 0 Å². The highest BCUT2D eigenvalue weighted by Crippen LogP contribution is 2.22. The number of aryl methyl sites for hydroxylation is 1. The highest BCUT2D eigenvalue weighted by atomic mass is 32.2. The van der Waals surface area contributed by atoms with E-state index >= 15 is 0 Å². The summed E-state index contributed by atoms with van der Waals surface area (Å²) in [4.78, 5) is 0.104. The van der Waals surface area contributed by atoms with Crippen molar-refractivity contribution in [3.63, 3.8) is 0 Å². The number of benzene rings is 2. The normalized spacial score (nSPS) is 10.7. The van der Waals surface area contributed by atoms with Gasteiger partial charge < -0.3 is 4.18 Å². The van der Waals surface area contributed by atoms with Crippen LogP contribution in [0.25, 0.3) is 5.76 Å². The van der Waals surface area contributed by atoms with Crippen molar-refractivity contribution in [2.75, 3.05) is 0 Å². The Labute approximate surface area is 119 Å². The standard InChI is InChI=1S/C16H14O3S/c1-3-16(14-7-5-4-6-8-14)19-20(17,18)15-11-9-13(2)10-12-15/h4-12H,1H2,2H3. The van der Waals surface area contributed by atoms with Gasteiger partial charge in [-0.25, -0.2) is 0 Å². The van der Waals surface area contributed by atoms with Gasteiger partial charge in [0.25, 0.3) is 0 Å². The van der Waals surface area contributed by atoms with Gasteiger partial charge in [-0.1, -0.05) is 60.3 Å². The zero-order valence-electron chi connectivity index (χ0n) is 11.0. The van der Waals surface area contributed by atoms with Gasteiger partial charge in [-0.15, -0.1) is 0 Å². The van der Waals surface area contributed by atoms with E-state index in [1.54, 1.807) is 36.4 Å². The van der Waals surface area contributed by atoms with Crippen LogP contribution in [0.3, 0.4) is 0 Å². The quantitative estimate of drug-likeness (QED) is 0.490. The lowest BCUT2D eigenvalue weighted by Crippen LogP contribution is -2.05. The summed E-state index contributed by atoms with van der Waals surface area (Å²) < 4.78 is 29.5. The van der Waals surface area contributed by atoms with Crippen molar-refractivity contribution >= 4 is 15.9 Å². The smallest absolute Gasteiger partial charge is 0.339 e. The predicted octanol–water partition coefficient (Wildman–Crippen LogP) is 3.53. The molecule has 102 valence electrons. The van der Waals surface area contributed by atoms with Gasteiger partial charge >= 0.3 is 10.1 Å². The predicted molar refractivity (Wildman–Crippen MR) is 78.4 cm³/mol. The molecule has 2 aromatic rings. The van der Waals surface area contributed by atoms with Crippen LogP contribution in [0.1, 0.15) is 11.1 Å². The first-order chi connectivity index (χ1) is 9.53. The minimum Gasteiger partial charge on any atom is -0.370 e. The van der Waals surface area contributed by atoms with E-state index in [9.17, 15) is 8.42 Å². The summed E-state index contributed by atoms with van der Waals surface area (Å²) in [6.45, 7) is 5.36. The lowest BCUT2D eigenvalue weighted by atomic mass is 10.2. The Kier molecular flexibility index (Phi) is 4.08. The van der Waals surface area contributed by atoms with E-state index < -0.39 is 10.1 Å². The first-order valence-corrected chi connectivity index (χ1v) is 7.40. The summed E-state index contributed by atoms with van der Waals surface area (Å²) in [6.07, 6.45) is 0. The van der Waals surface area contributed by atoms with Gasteiger partial charge in [-0.2, -0.15) is 8.42 Å². The molecule has 0 saturated carbocycles. The molecule has 0 spiro atoms. The molecule has 0 atom stereocenters. The van der Waals surface area contributed by atoms with Gasteiger partial charge in [0, 0.05) is 5.56 Å². The highest BCUT2D eigenvalue weighted by Gasteiger charge is 2.18. The molecule has 0 aliphatic rings. The molecule has 2 aromatic carbocycles. The maximum atomic E-state index is 12.2. The minimum atomic E-state index is -3.88. The Morgan fingerprint density at radius 3 is 2.20 bits per heavy atom. The van der Waals surface area contributed by atoms with Crippen LogP contribution in [0.15, 0.2) is 71.8 Å². The van der Waals surface area contributed by atoms with Crippen molar-refractivity contribution in [2.24, 2.45) is 0 Å². The maximum Gasteiger partial charge on any atom is 0.339 e. The van der Waals surface area contributed by atoms with Crippen molar-refractivity contribution in [3.05, 3.63) is 78.0 Å². The molecule has 0 heterocycles. The third-order valence-corrected chi connectivity index (χ3v) is 3.93. The molecule has 0 aromatic heterocycles. The fourth-order valence-electron chi connectivity index (χ4n) is 1.63. The molecule has 0 aliphatic heterocycles. The van der Waals surface area contributed by atoms with Gasteiger partial charge in [0.05, 0.1) is 0 Å². The summed E-state index contributed by atoms with van der Waals surface area (Å²) >= 11 is 0. The van der Waals surface area contributed by atoms with Crippen LogP contribution in [0, 0.1) is 6.92 Å². The number of hydrogen-bond acceptors (Lipinski definition) is 3. The molecule has 0 aliphatic carbocycles. The van der Waals surface area contributed by atoms with Gasteiger partial charge in [0.1, 0.15) is 4.90 Å². The molecule has 0 amide bonds. The molecule has 0 saturated heterocycles. The van der Waals surface area contributed by atoms with Gasteiger partial charge in [-0.05, 0) is 19.1 Å². The third kappa shape index (κ3) is 3.18. The average molecular weight is 286 g/mol. The molecule has 20 heavy (non-hydrogen) atoms. The lowest BCUT2D eigenvalue weighted by Gasteiger charge is -2.09. The zero-order chi connectivity index (χ0) is 14.6. The zero-order valence-corrected chi connectivity index (χ0v) is 11.9. The van der Waals surface area contributed by atoms with Gasteiger partial charge in [-0.3, -0.25) is 0 Å². The summed E-state index contributed by atoms with van der Waals surface area (Å²) in [5.74, 6) is 0.0891. The fourth-order valence-corrected chi connectivity index (χ4v) is 2.57. The van der Waals surface area contributed by atoms with Crippen molar-refractivity contribution in [3.8, 4) is 0 Å². The van der Waals surface area contributed by atoms with E-state index in [1.165, 1.54) is 12.1 Å². The number of rotatable bonds is 4. The maximum absolute atomic E-state index is 12.2. The van der Waals surface area contributed by atoms with Crippen molar-refractivity contribution < 1.29 is 12.6 Å². The molecule has 0 fully saturated rings. The Balaban J connectivity index is 2.32. The van der Waals surface area contributed by atoms with Crippen LogP contribution in [-0.4, -0.2) is 8.42 Å². The molecule has 0 bridgehead atoms. The first-order valence-electron chi connectivity index (χ1n) is 5.99. The molecular formula is C16H14O3S. The highest BCUT2D eigenvalue weighted by molar-refractivity contribution is 7.87. The Bertz CT molecular complexity index is 738. The third-order valence-electron chi connectivity index (χ3n) is 2.70. The van der Waals surface area contributed by atoms with E-state index in [4.69, 9.17) is 4.18 Å². The summed E-state index contributed by atoms with van der Waals surface area (Å²) in [6, 6.07) is 15.3. The Morgan fingerprint density at radius 2 is 1.65 bits per heavy atom. The summed E-state index contributed by atoms with van der Waals surface area (Å²) in [7, 11) is -3.88. The minimum absolute atomic E-state index is 0.0891. The molecule has 0 N–H and O–H groups in total. The summed E-state index contributed by atoms with van der Waals surface area (Å²) in [5.41, 5.74) is 4.11. The summed E-state index contributed by atoms with van der Waals surface area (Å²) in [5, 5.41) is 0. The van der Waals surface area contributed by atoms with E-state index in [2.05, 4.69) is 12.3 Å². The van der Waals surface area contributed by atoms with E-state index in [1.807, 2.05) is 13.0 Å². The van der Waals surface area contributed by atoms with Crippen LogP contribution >= 0.6 is 0 Å². The van der Waals surface area contributed by atoms with E-state index in [-0.39, 0.29) is 10.7 Å². The second kappa shape index (κ2) is 5.78. The largest absolute Gasteiger partial charge is 0.370 e. The van der Waals surface area contributed by atoms with Crippen LogP contribution in [-0.2, 0) is 14.3 Å². The molecule has 2 rings (SSSR count). The van der Waals surface area contributed by atoms with E-state index in [0.29, 0.717) is 5.56 Å². The Hall–Kier alpha value is -2.29. The van der Waals surface area contributed by atoms with Crippen molar-refractivity contribution in [1.29, 1.82) is 0 Å². The monoisotopic (exact) mass is 286 g/mol. The van der Waals surface area contributed by atoms with Gasteiger partial charge in [0.2, 0.25) is 0 Å². The van der Waals surface area contributed by atoms with E-state index in [0.717, 1.165) is 5.56 Å².